The smallest absolute Gasteiger partial charge is 0.256 e. The average molecular weight is 292 g/mol. The molecule has 0 saturated carbocycles. The number of aryl methyl sites for hydroxylation is 1. The molecule has 118 valence electrons. The number of nitrogens with one attached hydrogen (secondary N) is 1. The Kier molecular flexibility index (Phi) is 7.23. The Labute approximate surface area is 128 Å². The molecular formula is C17H28N2O2. The molecule has 0 bridgehead atoms. The van der Waals surface area contributed by atoms with Crippen molar-refractivity contribution in [2.45, 2.75) is 39.7 Å². The lowest BCUT2D eigenvalue weighted by Crippen LogP contribution is -2.42. The van der Waals surface area contributed by atoms with E-state index in [0.717, 1.165) is 29.7 Å². The summed E-state index contributed by atoms with van der Waals surface area (Å²) in [4.78, 5) is 14.9. The molecule has 0 aromatic heterocycles. The van der Waals surface area contributed by atoms with Crippen molar-refractivity contribution in [2.75, 3.05) is 32.6 Å². The summed E-state index contributed by atoms with van der Waals surface area (Å²) in [6, 6.07) is 6.15. The minimum Gasteiger partial charge on any atom is -0.387 e. The van der Waals surface area contributed by atoms with Crippen LogP contribution in [-0.4, -0.2) is 44.2 Å². The minimum atomic E-state index is 0.0742. The van der Waals surface area contributed by atoms with Crippen molar-refractivity contribution in [1.82, 2.24) is 4.90 Å². The van der Waals surface area contributed by atoms with E-state index in [9.17, 15) is 4.79 Å². The Balaban J connectivity index is 3.09. The highest BCUT2D eigenvalue weighted by atomic mass is 16.5. The molecule has 0 spiro atoms. The fourth-order valence-electron chi connectivity index (χ4n) is 2.58. The molecular weight excluding hydrogens is 264 g/mol. The highest BCUT2D eigenvalue weighted by Crippen LogP contribution is 2.21. The standard InChI is InChI=1S/C17H28N2O2/c1-6-14(7-2)19(10-11-21-5)17(20)15-9-8-13(3)12-16(15)18-4/h8-9,12,14,18H,6-7,10-11H2,1-5H3. The minimum absolute atomic E-state index is 0.0742. The van der Waals surface area contributed by atoms with Gasteiger partial charge in [0.2, 0.25) is 0 Å². The van der Waals surface area contributed by atoms with Gasteiger partial charge in [0, 0.05) is 32.4 Å². The van der Waals surface area contributed by atoms with Gasteiger partial charge in [-0.25, -0.2) is 0 Å². The lowest BCUT2D eigenvalue weighted by atomic mass is 10.1. The molecule has 1 N–H and O–H groups in total. The first-order valence-electron chi connectivity index (χ1n) is 7.67. The Morgan fingerprint density at radius 3 is 2.52 bits per heavy atom. The zero-order valence-corrected chi connectivity index (χ0v) is 13.9. The summed E-state index contributed by atoms with van der Waals surface area (Å²) < 4.78 is 5.16. The van der Waals surface area contributed by atoms with Crippen LogP contribution in [-0.2, 0) is 4.74 Å². The van der Waals surface area contributed by atoms with Crippen LogP contribution in [0.15, 0.2) is 18.2 Å². The largest absolute Gasteiger partial charge is 0.387 e. The zero-order chi connectivity index (χ0) is 15.8. The number of carbonyl (C=O) groups is 1. The Bertz CT molecular complexity index is 456. The van der Waals surface area contributed by atoms with Crippen molar-refractivity contribution in [3.63, 3.8) is 0 Å². The molecule has 0 fully saturated rings. The predicted octanol–water partition coefficient (Wildman–Crippen LogP) is 3.31. The molecule has 1 amide bonds. The molecule has 0 saturated heterocycles. The van der Waals surface area contributed by atoms with E-state index >= 15 is 0 Å². The highest BCUT2D eigenvalue weighted by Gasteiger charge is 2.23. The summed E-state index contributed by atoms with van der Waals surface area (Å²) in [6.07, 6.45) is 1.90. The molecule has 0 radical (unpaired) electrons. The van der Waals surface area contributed by atoms with Crippen molar-refractivity contribution in [3.05, 3.63) is 29.3 Å². The Morgan fingerprint density at radius 1 is 1.33 bits per heavy atom. The maximum absolute atomic E-state index is 12.9. The van der Waals surface area contributed by atoms with Gasteiger partial charge in [-0.1, -0.05) is 19.9 Å². The van der Waals surface area contributed by atoms with Crippen molar-refractivity contribution in [3.8, 4) is 0 Å². The van der Waals surface area contributed by atoms with Crippen LogP contribution in [0.5, 0.6) is 0 Å². The van der Waals surface area contributed by atoms with Gasteiger partial charge in [-0.15, -0.1) is 0 Å². The summed E-state index contributed by atoms with van der Waals surface area (Å²) in [5, 5.41) is 3.12. The van der Waals surface area contributed by atoms with Crippen LogP contribution < -0.4 is 5.32 Å². The number of hydrogen-bond acceptors (Lipinski definition) is 3. The number of methoxy groups -OCH3 is 1. The van der Waals surface area contributed by atoms with Gasteiger partial charge in [-0.05, 0) is 37.5 Å². The fraction of sp³-hybridized carbons (Fsp3) is 0.588. The second kappa shape index (κ2) is 8.67. The summed E-state index contributed by atoms with van der Waals surface area (Å²) in [7, 11) is 3.52. The third kappa shape index (κ3) is 4.46. The third-order valence-corrected chi connectivity index (χ3v) is 3.86. The second-order valence-electron chi connectivity index (χ2n) is 5.26. The van der Waals surface area contributed by atoms with Gasteiger partial charge in [0.05, 0.1) is 12.2 Å². The van der Waals surface area contributed by atoms with Crippen molar-refractivity contribution < 1.29 is 9.53 Å². The molecule has 0 unspecified atom stereocenters. The monoisotopic (exact) mass is 292 g/mol. The zero-order valence-electron chi connectivity index (χ0n) is 13.9. The third-order valence-electron chi connectivity index (χ3n) is 3.86. The molecule has 4 heteroatoms. The topological polar surface area (TPSA) is 41.6 Å². The van der Waals surface area contributed by atoms with Gasteiger partial charge in [0.15, 0.2) is 0 Å². The maximum atomic E-state index is 12.9. The van der Waals surface area contributed by atoms with Crippen molar-refractivity contribution in [2.24, 2.45) is 0 Å². The molecule has 0 aliphatic carbocycles. The number of amides is 1. The summed E-state index contributed by atoms with van der Waals surface area (Å²) in [6.45, 7) is 7.45. The molecule has 21 heavy (non-hydrogen) atoms. The number of hydrogen-bond donors (Lipinski definition) is 1. The fourth-order valence-corrected chi connectivity index (χ4v) is 2.58. The molecule has 0 heterocycles. The van der Waals surface area contributed by atoms with Gasteiger partial charge < -0.3 is 15.0 Å². The van der Waals surface area contributed by atoms with E-state index in [1.807, 2.05) is 37.1 Å². The number of rotatable bonds is 8. The van der Waals surface area contributed by atoms with Gasteiger partial charge in [0.1, 0.15) is 0 Å². The number of carbonyl (C=O) groups excluding carboxylic acids is 1. The van der Waals surface area contributed by atoms with Crippen LogP contribution in [0.25, 0.3) is 0 Å². The van der Waals surface area contributed by atoms with E-state index in [1.54, 1.807) is 7.11 Å². The number of benzene rings is 1. The lowest BCUT2D eigenvalue weighted by Gasteiger charge is -2.31. The average Bonchev–Trinajstić information content (AvgIpc) is 2.50. The first kappa shape index (κ1) is 17.5. The summed E-state index contributed by atoms with van der Waals surface area (Å²) >= 11 is 0. The lowest BCUT2D eigenvalue weighted by molar-refractivity contribution is 0.0590. The van der Waals surface area contributed by atoms with E-state index in [4.69, 9.17) is 4.74 Å². The quantitative estimate of drug-likeness (QED) is 0.799. The van der Waals surface area contributed by atoms with Gasteiger partial charge >= 0.3 is 0 Å². The predicted molar refractivity (Wildman–Crippen MR) is 88.0 cm³/mol. The molecule has 0 aliphatic rings. The molecule has 1 aromatic rings. The first-order valence-corrected chi connectivity index (χ1v) is 7.67. The van der Waals surface area contributed by atoms with E-state index in [2.05, 4.69) is 19.2 Å². The number of nitrogens with zero attached hydrogens (tertiary/aromatic N) is 1. The van der Waals surface area contributed by atoms with Crippen LogP contribution in [0.2, 0.25) is 0 Å². The van der Waals surface area contributed by atoms with Gasteiger partial charge in [0.25, 0.3) is 5.91 Å². The molecule has 0 aliphatic heterocycles. The molecule has 1 rings (SSSR count). The SMILES string of the molecule is CCC(CC)N(CCOC)C(=O)c1ccc(C)cc1NC. The second-order valence-corrected chi connectivity index (χ2v) is 5.26. The van der Waals surface area contributed by atoms with Crippen LogP contribution in [0, 0.1) is 6.92 Å². The van der Waals surface area contributed by atoms with E-state index in [1.165, 1.54) is 0 Å². The van der Waals surface area contributed by atoms with E-state index in [0.29, 0.717) is 13.2 Å². The summed E-state index contributed by atoms with van der Waals surface area (Å²) in [5.74, 6) is 0.0742. The molecule has 0 atom stereocenters. The number of ether oxygens (including phenoxy) is 1. The van der Waals surface area contributed by atoms with Crippen LogP contribution in [0.3, 0.4) is 0 Å². The maximum Gasteiger partial charge on any atom is 0.256 e. The normalized spacial score (nSPS) is 10.8. The van der Waals surface area contributed by atoms with Crippen molar-refractivity contribution in [1.29, 1.82) is 0 Å². The summed E-state index contributed by atoms with van der Waals surface area (Å²) in [5.41, 5.74) is 2.75. The Morgan fingerprint density at radius 2 is 2.00 bits per heavy atom. The molecule has 1 aromatic carbocycles. The van der Waals surface area contributed by atoms with Gasteiger partial charge in [-0.3, -0.25) is 4.79 Å². The van der Waals surface area contributed by atoms with Crippen LogP contribution in [0.4, 0.5) is 5.69 Å². The number of anilines is 1. The van der Waals surface area contributed by atoms with Crippen LogP contribution in [0.1, 0.15) is 42.6 Å². The Hall–Kier alpha value is -1.55. The van der Waals surface area contributed by atoms with Crippen molar-refractivity contribution >= 4 is 11.6 Å². The first-order chi connectivity index (χ1) is 10.1. The van der Waals surface area contributed by atoms with Gasteiger partial charge in [-0.2, -0.15) is 0 Å². The highest BCUT2D eigenvalue weighted by molar-refractivity contribution is 6.00. The molecule has 4 nitrogen and oxygen atoms in total. The van der Waals surface area contributed by atoms with E-state index in [-0.39, 0.29) is 11.9 Å². The van der Waals surface area contributed by atoms with E-state index < -0.39 is 0 Å². The van der Waals surface area contributed by atoms with Crippen LogP contribution >= 0.6 is 0 Å².